The highest BCUT2D eigenvalue weighted by Crippen LogP contribution is 2.56. The lowest BCUT2D eigenvalue weighted by Gasteiger charge is -2.22. The summed E-state index contributed by atoms with van der Waals surface area (Å²) in [7, 11) is 0. The highest BCUT2D eigenvalue weighted by Gasteiger charge is 2.39. The Hall–Kier alpha value is -7.37. The monoisotopic (exact) mass is 730 g/mol. The third kappa shape index (κ3) is 4.60. The van der Waals surface area contributed by atoms with Crippen molar-refractivity contribution in [3.63, 3.8) is 0 Å². The second-order valence-electron chi connectivity index (χ2n) is 15.6. The van der Waals surface area contributed by atoms with Crippen molar-refractivity contribution in [1.82, 2.24) is 19.5 Å². The zero-order valence-electron chi connectivity index (χ0n) is 31.4. The van der Waals surface area contributed by atoms with Gasteiger partial charge in [-0.2, -0.15) is 0 Å². The zero-order chi connectivity index (χ0) is 37.8. The van der Waals surface area contributed by atoms with E-state index in [4.69, 9.17) is 19.4 Å². The van der Waals surface area contributed by atoms with E-state index >= 15 is 0 Å². The summed E-state index contributed by atoms with van der Waals surface area (Å²) >= 11 is 0. The first-order valence-electron chi connectivity index (χ1n) is 19.5. The number of para-hydroxylation sites is 2. The van der Waals surface area contributed by atoms with Gasteiger partial charge in [-0.3, -0.25) is 0 Å². The van der Waals surface area contributed by atoms with E-state index in [0.29, 0.717) is 17.5 Å². The van der Waals surface area contributed by atoms with Crippen LogP contribution in [0.4, 0.5) is 0 Å². The molecular formula is C52H34N4O. The van der Waals surface area contributed by atoms with E-state index in [1.807, 2.05) is 30.3 Å². The fraction of sp³-hybridized carbons (Fsp3) is 0.0577. The summed E-state index contributed by atoms with van der Waals surface area (Å²) in [6.07, 6.45) is 0. The van der Waals surface area contributed by atoms with Crippen LogP contribution in [0.5, 0.6) is 0 Å². The highest BCUT2D eigenvalue weighted by atomic mass is 16.3. The molecule has 3 heterocycles. The van der Waals surface area contributed by atoms with Gasteiger partial charge >= 0.3 is 0 Å². The number of benzene rings is 8. The molecule has 11 aromatic rings. The molecule has 0 aliphatic heterocycles. The summed E-state index contributed by atoms with van der Waals surface area (Å²) in [6, 6.07) is 59.7. The lowest BCUT2D eigenvalue weighted by Crippen LogP contribution is -2.15. The number of nitrogens with zero attached hydrogens (tertiary/aromatic N) is 4. The quantitative estimate of drug-likeness (QED) is 0.181. The van der Waals surface area contributed by atoms with Crippen molar-refractivity contribution in [2.45, 2.75) is 19.3 Å². The molecule has 3 aromatic heterocycles. The van der Waals surface area contributed by atoms with Crippen LogP contribution in [0.2, 0.25) is 0 Å². The molecule has 12 rings (SSSR count). The fourth-order valence-corrected chi connectivity index (χ4v) is 9.43. The van der Waals surface area contributed by atoms with Gasteiger partial charge in [0.25, 0.3) is 0 Å². The van der Waals surface area contributed by atoms with E-state index in [-0.39, 0.29) is 5.41 Å². The van der Waals surface area contributed by atoms with Gasteiger partial charge in [0.2, 0.25) is 0 Å². The van der Waals surface area contributed by atoms with Crippen LogP contribution in [-0.4, -0.2) is 19.5 Å². The molecule has 0 atom stereocenters. The molecular weight excluding hydrogens is 697 g/mol. The van der Waals surface area contributed by atoms with Crippen LogP contribution in [0.1, 0.15) is 25.0 Å². The summed E-state index contributed by atoms with van der Waals surface area (Å²) < 4.78 is 9.23. The van der Waals surface area contributed by atoms with Crippen LogP contribution >= 0.6 is 0 Å². The minimum atomic E-state index is -0.200. The second kappa shape index (κ2) is 11.8. The molecule has 0 radical (unpaired) electrons. The molecule has 0 fully saturated rings. The molecule has 57 heavy (non-hydrogen) atoms. The molecule has 0 amide bonds. The topological polar surface area (TPSA) is 56.7 Å². The van der Waals surface area contributed by atoms with Gasteiger partial charge in [-0.15, -0.1) is 0 Å². The van der Waals surface area contributed by atoms with Crippen LogP contribution < -0.4 is 0 Å². The van der Waals surface area contributed by atoms with Gasteiger partial charge < -0.3 is 8.98 Å². The molecule has 0 spiro atoms. The van der Waals surface area contributed by atoms with Crippen molar-refractivity contribution in [1.29, 1.82) is 0 Å². The van der Waals surface area contributed by atoms with Crippen molar-refractivity contribution >= 4 is 54.5 Å². The molecule has 5 nitrogen and oxygen atoms in total. The van der Waals surface area contributed by atoms with Gasteiger partial charge in [0.1, 0.15) is 11.2 Å². The van der Waals surface area contributed by atoms with Crippen LogP contribution in [0.15, 0.2) is 174 Å². The largest absolute Gasteiger partial charge is 0.455 e. The lowest BCUT2D eigenvalue weighted by molar-refractivity contribution is 0.659. The van der Waals surface area contributed by atoms with Gasteiger partial charge in [0.05, 0.1) is 11.0 Å². The van der Waals surface area contributed by atoms with Gasteiger partial charge in [-0.05, 0) is 76.2 Å². The Balaban J connectivity index is 1.03. The maximum atomic E-state index is 6.91. The second-order valence-corrected chi connectivity index (χ2v) is 15.6. The number of hydrogen-bond acceptors (Lipinski definition) is 4. The molecule has 0 unspecified atom stereocenters. The SMILES string of the molecule is CC1(C)c2ccccc2-c2c1c1c3ccc(-c4nc(-c5ccccc5)nc(-c5ccc(-n6c7ccccc7c7ccccc76)cc5)n4)cc3oc1c1ccccc21. The van der Waals surface area contributed by atoms with Gasteiger partial charge in [-0.1, -0.05) is 135 Å². The Morgan fingerprint density at radius 2 is 1.02 bits per heavy atom. The zero-order valence-corrected chi connectivity index (χ0v) is 31.4. The Bertz CT molecular complexity index is 3380. The van der Waals surface area contributed by atoms with E-state index in [1.165, 1.54) is 54.8 Å². The number of fused-ring (bicyclic) bond motifs is 13. The van der Waals surface area contributed by atoms with Gasteiger partial charge in [0.15, 0.2) is 17.5 Å². The summed E-state index contributed by atoms with van der Waals surface area (Å²) in [5, 5.41) is 7.08. The lowest BCUT2D eigenvalue weighted by atomic mass is 9.79. The normalized spacial score (nSPS) is 13.2. The Morgan fingerprint density at radius 1 is 0.474 bits per heavy atom. The van der Waals surface area contributed by atoms with E-state index in [9.17, 15) is 0 Å². The van der Waals surface area contributed by atoms with Crippen molar-refractivity contribution < 1.29 is 4.42 Å². The maximum Gasteiger partial charge on any atom is 0.164 e. The molecule has 0 N–H and O–H groups in total. The van der Waals surface area contributed by atoms with Crippen molar-refractivity contribution in [2.75, 3.05) is 0 Å². The van der Waals surface area contributed by atoms with Gasteiger partial charge in [0, 0.05) is 54.7 Å². The van der Waals surface area contributed by atoms with E-state index < -0.39 is 0 Å². The average molecular weight is 731 g/mol. The van der Waals surface area contributed by atoms with Crippen LogP contribution in [0.25, 0.3) is 105 Å². The Labute approximate surface area is 328 Å². The van der Waals surface area contributed by atoms with Crippen molar-refractivity contribution in [3.05, 3.63) is 181 Å². The summed E-state index contributed by atoms with van der Waals surface area (Å²) in [5.41, 5.74) is 12.9. The van der Waals surface area contributed by atoms with E-state index in [1.54, 1.807) is 0 Å². The van der Waals surface area contributed by atoms with Gasteiger partial charge in [-0.25, -0.2) is 15.0 Å². The first-order valence-corrected chi connectivity index (χ1v) is 19.5. The van der Waals surface area contributed by atoms with Crippen molar-refractivity contribution in [2.24, 2.45) is 0 Å². The van der Waals surface area contributed by atoms with Crippen LogP contribution in [0.3, 0.4) is 0 Å². The van der Waals surface area contributed by atoms with Crippen LogP contribution in [-0.2, 0) is 5.41 Å². The molecule has 1 aliphatic carbocycles. The predicted octanol–water partition coefficient (Wildman–Crippen LogP) is 13.3. The minimum Gasteiger partial charge on any atom is -0.455 e. The number of hydrogen-bond donors (Lipinski definition) is 0. The number of rotatable bonds is 4. The molecule has 8 aromatic carbocycles. The maximum absolute atomic E-state index is 6.91. The Morgan fingerprint density at radius 3 is 1.72 bits per heavy atom. The molecule has 268 valence electrons. The minimum absolute atomic E-state index is 0.200. The molecule has 0 bridgehead atoms. The fourth-order valence-electron chi connectivity index (χ4n) is 9.43. The predicted molar refractivity (Wildman–Crippen MR) is 233 cm³/mol. The average Bonchev–Trinajstić information content (AvgIpc) is 3.89. The first kappa shape index (κ1) is 31.9. The number of aromatic nitrogens is 4. The molecule has 1 aliphatic rings. The summed E-state index contributed by atoms with van der Waals surface area (Å²) in [4.78, 5) is 15.3. The molecule has 0 saturated heterocycles. The third-order valence-corrected chi connectivity index (χ3v) is 12.0. The highest BCUT2D eigenvalue weighted by molar-refractivity contribution is 6.23. The van der Waals surface area contributed by atoms with E-state index in [0.717, 1.165) is 44.3 Å². The number of furan rings is 1. The summed E-state index contributed by atoms with van der Waals surface area (Å²) in [5.74, 6) is 1.83. The first-order chi connectivity index (χ1) is 28.0. The van der Waals surface area contributed by atoms with E-state index in [2.05, 4.69) is 158 Å². The smallest absolute Gasteiger partial charge is 0.164 e. The molecule has 0 saturated carbocycles. The molecule has 5 heteroatoms. The standard InChI is InChI=1S/C52H34N4O/c1-52(2)41-21-11-8-20-39(41)45-37-18-6-7-19-38(37)48-46(47(45)52)40-29-26-33(30-44(40)57-48)51-54-49(31-14-4-3-5-15-31)53-50(55-51)32-24-27-34(28-25-32)56-42-22-12-9-16-35(42)36-17-10-13-23-43(36)56/h3-30H,1-2H3. The summed E-state index contributed by atoms with van der Waals surface area (Å²) in [6.45, 7) is 4.68. The van der Waals surface area contributed by atoms with Crippen LogP contribution in [0, 0.1) is 0 Å². The third-order valence-electron chi connectivity index (χ3n) is 12.0. The van der Waals surface area contributed by atoms with Crippen molar-refractivity contribution in [3.8, 4) is 51.0 Å². The Kier molecular flexibility index (Phi) is 6.62.